The molecular formula is C4H6N2O. The first kappa shape index (κ1) is 4.30. The Labute approximate surface area is 41.4 Å². The predicted molar refractivity (Wildman–Crippen MR) is 23.7 cm³/mol. The van der Waals surface area contributed by atoms with Crippen molar-refractivity contribution in [1.82, 2.24) is 10.2 Å². The van der Waals surface area contributed by atoms with Crippen LogP contribution in [0.25, 0.3) is 0 Å². The second-order valence-corrected chi connectivity index (χ2v) is 1.19. The average molecular weight is 98.1 g/mol. The Morgan fingerprint density at radius 3 is 3.00 bits per heavy atom. The summed E-state index contributed by atoms with van der Waals surface area (Å²) in [5.41, 5.74) is 0. The molecule has 1 aromatic rings. The second-order valence-electron chi connectivity index (χ2n) is 1.19. The lowest BCUT2D eigenvalue weighted by Crippen LogP contribution is -1.75. The Morgan fingerprint density at radius 1 is 1.86 bits per heavy atom. The molecule has 0 aliphatic heterocycles. The third-order valence-corrected chi connectivity index (χ3v) is 0.708. The summed E-state index contributed by atoms with van der Waals surface area (Å²) in [7, 11) is 0. The molecule has 0 aliphatic rings. The molecule has 0 saturated carbocycles. The quantitative estimate of drug-likeness (QED) is 0.517. The predicted octanol–water partition coefficient (Wildman–Crippen LogP) is 0.632. The lowest BCUT2D eigenvalue weighted by atomic mass is 10.5. The number of aromatic nitrogens is 2. The Kier molecular flexibility index (Phi) is 1.06. The molecule has 0 aliphatic carbocycles. The van der Waals surface area contributed by atoms with Crippen LogP contribution >= 0.6 is 0 Å². The van der Waals surface area contributed by atoms with Crippen molar-refractivity contribution >= 4 is 0 Å². The summed E-state index contributed by atoms with van der Waals surface area (Å²) >= 11 is 0. The van der Waals surface area contributed by atoms with E-state index in [0.717, 1.165) is 6.42 Å². The molecule has 1 aromatic heterocycles. The first-order chi connectivity index (χ1) is 3.43. The van der Waals surface area contributed by atoms with Gasteiger partial charge in [-0.15, -0.1) is 10.2 Å². The molecule has 0 aromatic carbocycles. The Morgan fingerprint density at radius 2 is 2.71 bits per heavy atom. The topological polar surface area (TPSA) is 38.9 Å². The van der Waals surface area contributed by atoms with E-state index in [0.29, 0.717) is 5.89 Å². The van der Waals surface area contributed by atoms with Gasteiger partial charge in [-0.2, -0.15) is 0 Å². The molecule has 38 valence electrons. The van der Waals surface area contributed by atoms with E-state index in [1.54, 1.807) is 0 Å². The van der Waals surface area contributed by atoms with Gasteiger partial charge in [-0.05, 0) is 0 Å². The molecule has 0 atom stereocenters. The van der Waals surface area contributed by atoms with Crippen molar-refractivity contribution in [3.8, 4) is 0 Å². The average Bonchev–Trinajstić information content (AvgIpc) is 2.14. The highest BCUT2D eigenvalue weighted by Crippen LogP contribution is 1.88. The van der Waals surface area contributed by atoms with E-state index < -0.39 is 0 Å². The van der Waals surface area contributed by atoms with Crippen LogP contribution in [0, 0.1) is 0 Å². The van der Waals surface area contributed by atoms with Crippen LogP contribution < -0.4 is 0 Å². The van der Waals surface area contributed by atoms with Gasteiger partial charge in [0.05, 0.1) is 0 Å². The van der Waals surface area contributed by atoms with Crippen LogP contribution in [0.4, 0.5) is 0 Å². The van der Waals surface area contributed by atoms with Gasteiger partial charge in [0, 0.05) is 6.42 Å². The fourth-order valence-corrected chi connectivity index (χ4v) is 0.350. The molecule has 3 heteroatoms. The minimum atomic E-state index is 0.694. The standard InChI is InChI=1S/C4H6N2O/c1-2-4-6-5-3-7-4/h3H,2H2,1H3. The van der Waals surface area contributed by atoms with Crippen molar-refractivity contribution < 1.29 is 4.42 Å². The van der Waals surface area contributed by atoms with Gasteiger partial charge in [0.1, 0.15) is 0 Å². The van der Waals surface area contributed by atoms with Crippen molar-refractivity contribution in [1.29, 1.82) is 0 Å². The van der Waals surface area contributed by atoms with Crippen LogP contribution in [-0.2, 0) is 6.42 Å². The molecule has 0 unspecified atom stereocenters. The van der Waals surface area contributed by atoms with Crippen molar-refractivity contribution in [2.75, 3.05) is 0 Å². The van der Waals surface area contributed by atoms with E-state index in [1.807, 2.05) is 6.92 Å². The molecule has 0 saturated heterocycles. The molecule has 0 radical (unpaired) electrons. The van der Waals surface area contributed by atoms with E-state index in [9.17, 15) is 0 Å². The maximum Gasteiger partial charge on any atom is 0.215 e. The van der Waals surface area contributed by atoms with E-state index >= 15 is 0 Å². The molecule has 0 fully saturated rings. The highest BCUT2D eigenvalue weighted by Gasteiger charge is 1.88. The van der Waals surface area contributed by atoms with E-state index in [2.05, 4.69) is 10.2 Å². The summed E-state index contributed by atoms with van der Waals surface area (Å²) < 4.78 is 4.76. The molecule has 0 N–H and O–H groups in total. The van der Waals surface area contributed by atoms with E-state index in [1.165, 1.54) is 6.39 Å². The lowest BCUT2D eigenvalue weighted by molar-refractivity contribution is 0.500. The number of aryl methyl sites for hydroxylation is 1. The molecule has 0 amide bonds. The summed E-state index contributed by atoms with van der Waals surface area (Å²) in [5, 5.41) is 7.09. The van der Waals surface area contributed by atoms with Crippen LogP contribution in [0.2, 0.25) is 0 Å². The van der Waals surface area contributed by atoms with Crippen LogP contribution in [0.1, 0.15) is 12.8 Å². The maximum atomic E-state index is 4.76. The molecule has 7 heavy (non-hydrogen) atoms. The van der Waals surface area contributed by atoms with Crippen molar-refractivity contribution in [2.24, 2.45) is 0 Å². The molecule has 1 rings (SSSR count). The summed E-state index contributed by atoms with van der Waals surface area (Å²) in [6, 6.07) is 0. The molecule has 0 bridgehead atoms. The first-order valence-corrected chi connectivity index (χ1v) is 2.18. The minimum absolute atomic E-state index is 0.694. The summed E-state index contributed by atoms with van der Waals surface area (Å²) in [4.78, 5) is 0. The monoisotopic (exact) mass is 98.0 g/mol. The molecule has 3 nitrogen and oxygen atoms in total. The van der Waals surface area contributed by atoms with Crippen LogP contribution in [0.15, 0.2) is 10.8 Å². The molecular weight excluding hydrogens is 92.1 g/mol. The van der Waals surface area contributed by atoms with Gasteiger partial charge in [0.2, 0.25) is 12.3 Å². The van der Waals surface area contributed by atoms with Crippen molar-refractivity contribution in [3.63, 3.8) is 0 Å². The van der Waals surface area contributed by atoms with Gasteiger partial charge in [0.15, 0.2) is 0 Å². The summed E-state index contributed by atoms with van der Waals surface area (Å²) in [6.07, 6.45) is 2.15. The van der Waals surface area contributed by atoms with Gasteiger partial charge in [-0.25, -0.2) is 0 Å². The summed E-state index contributed by atoms with van der Waals surface area (Å²) in [5.74, 6) is 0.694. The van der Waals surface area contributed by atoms with Crippen LogP contribution in [0.5, 0.6) is 0 Å². The zero-order valence-corrected chi connectivity index (χ0v) is 4.09. The highest BCUT2D eigenvalue weighted by atomic mass is 16.4. The van der Waals surface area contributed by atoms with E-state index in [-0.39, 0.29) is 0 Å². The maximum absolute atomic E-state index is 4.76. The fourth-order valence-electron chi connectivity index (χ4n) is 0.350. The Bertz CT molecular complexity index is 124. The smallest absolute Gasteiger partial charge is 0.215 e. The number of rotatable bonds is 1. The van der Waals surface area contributed by atoms with Crippen LogP contribution in [-0.4, -0.2) is 10.2 Å². The normalized spacial score (nSPS) is 9.29. The zero-order chi connectivity index (χ0) is 5.11. The number of nitrogens with zero attached hydrogens (tertiary/aromatic N) is 2. The third kappa shape index (κ3) is 0.765. The first-order valence-electron chi connectivity index (χ1n) is 2.18. The second kappa shape index (κ2) is 1.73. The minimum Gasteiger partial charge on any atom is -0.428 e. The van der Waals surface area contributed by atoms with E-state index in [4.69, 9.17) is 4.42 Å². The number of hydrogen-bond donors (Lipinski definition) is 0. The lowest BCUT2D eigenvalue weighted by Gasteiger charge is -1.74. The molecule has 0 spiro atoms. The highest BCUT2D eigenvalue weighted by molar-refractivity contribution is 4.68. The van der Waals surface area contributed by atoms with Crippen molar-refractivity contribution in [3.05, 3.63) is 12.3 Å². The summed E-state index contributed by atoms with van der Waals surface area (Å²) in [6.45, 7) is 1.97. The van der Waals surface area contributed by atoms with Gasteiger partial charge in [-0.3, -0.25) is 0 Å². The zero-order valence-electron chi connectivity index (χ0n) is 4.09. The fraction of sp³-hybridized carbons (Fsp3) is 0.500. The van der Waals surface area contributed by atoms with Crippen molar-refractivity contribution in [2.45, 2.75) is 13.3 Å². The van der Waals surface area contributed by atoms with Gasteiger partial charge in [0.25, 0.3) is 0 Å². The number of hydrogen-bond acceptors (Lipinski definition) is 3. The third-order valence-electron chi connectivity index (χ3n) is 0.708. The van der Waals surface area contributed by atoms with Gasteiger partial charge >= 0.3 is 0 Å². The largest absolute Gasteiger partial charge is 0.428 e. The van der Waals surface area contributed by atoms with Crippen LogP contribution in [0.3, 0.4) is 0 Å². The van der Waals surface area contributed by atoms with Gasteiger partial charge in [-0.1, -0.05) is 6.92 Å². The molecule has 1 heterocycles. The SMILES string of the molecule is CCc1nnco1. The Hall–Kier alpha value is -0.860. The Balaban J connectivity index is 2.76. The van der Waals surface area contributed by atoms with Gasteiger partial charge < -0.3 is 4.42 Å².